The summed E-state index contributed by atoms with van der Waals surface area (Å²) in [7, 11) is 0. The zero-order chi connectivity index (χ0) is 8.81. The summed E-state index contributed by atoms with van der Waals surface area (Å²) >= 11 is 0. The normalized spacial score (nSPS) is 10.8. The van der Waals surface area contributed by atoms with Gasteiger partial charge in [-0.1, -0.05) is 43.3 Å². The third kappa shape index (κ3) is 2.51. The molecular formula is C11H14O. The van der Waals surface area contributed by atoms with Gasteiger partial charge in [0.25, 0.3) is 0 Å². The summed E-state index contributed by atoms with van der Waals surface area (Å²) in [5.41, 5.74) is 2.48. The Bertz CT molecular complexity index is 246. The molecule has 0 atom stereocenters. The summed E-state index contributed by atoms with van der Waals surface area (Å²) in [6.45, 7) is 2.24. The topological polar surface area (TPSA) is 20.2 Å². The highest BCUT2D eigenvalue weighted by molar-refractivity contribution is 5.49. The van der Waals surface area contributed by atoms with Crippen LogP contribution in [0.5, 0.6) is 0 Å². The number of hydrogen-bond acceptors (Lipinski definition) is 1. The number of aliphatic hydroxyl groups excluding tert-OH is 1. The van der Waals surface area contributed by atoms with Crippen molar-refractivity contribution in [1.82, 2.24) is 0 Å². The molecule has 0 saturated heterocycles. The second-order valence-electron chi connectivity index (χ2n) is 2.68. The minimum atomic E-state index is 0.107. The Morgan fingerprint density at radius 3 is 2.42 bits per heavy atom. The molecule has 64 valence electrons. The van der Waals surface area contributed by atoms with E-state index in [-0.39, 0.29) is 6.61 Å². The quantitative estimate of drug-likeness (QED) is 0.722. The van der Waals surface area contributed by atoms with Gasteiger partial charge in [-0.15, -0.1) is 0 Å². The third-order valence-corrected chi connectivity index (χ3v) is 1.80. The Hall–Kier alpha value is -1.08. The van der Waals surface area contributed by atoms with Crippen LogP contribution in [-0.2, 0) is 6.42 Å². The fraction of sp³-hybridized carbons (Fsp3) is 0.273. The molecule has 1 nitrogen and oxygen atoms in total. The van der Waals surface area contributed by atoms with E-state index in [1.165, 1.54) is 5.56 Å². The van der Waals surface area contributed by atoms with Crippen molar-refractivity contribution in [3.8, 4) is 0 Å². The van der Waals surface area contributed by atoms with Gasteiger partial charge in [0.2, 0.25) is 0 Å². The van der Waals surface area contributed by atoms with Crippen LogP contribution in [0.15, 0.2) is 30.3 Å². The molecule has 0 aromatic heterocycles. The monoisotopic (exact) mass is 162 g/mol. The second kappa shape index (κ2) is 4.73. The van der Waals surface area contributed by atoms with Crippen LogP contribution in [0.3, 0.4) is 0 Å². The lowest BCUT2D eigenvalue weighted by Gasteiger charge is -1.96. The first kappa shape index (κ1) is 9.01. The van der Waals surface area contributed by atoms with Crippen molar-refractivity contribution in [1.29, 1.82) is 0 Å². The van der Waals surface area contributed by atoms with Crippen LogP contribution in [0.1, 0.15) is 18.1 Å². The Morgan fingerprint density at radius 2 is 1.92 bits per heavy atom. The molecule has 0 aliphatic heterocycles. The van der Waals surface area contributed by atoms with E-state index < -0.39 is 0 Å². The molecule has 1 rings (SSSR count). The van der Waals surface area contributed by atoms with Crippen LogP contribution < -0.4 is 0 Å². The summed E-state index contributed by atoms with van der Waals surface area (Å²) < 4.78 is 0. The number of aliphatic hydroxyl groups is 1. The molecule has 0 spiro atoms. The van der Waals surface area contributed by atoms with Crippen molar-refractivity contribution in [2.24, 2.45) is 0 Å². The molecule has 0 fully saturated rings. The molecule has 0 aliphatic carbocycles. The molecule has 0 radical (unpaired) electrons. The van der Waals surface area contributed by atoms with Gasteiger partial charge in [0.05, 0.1) is 6.61 Å². The van der Waals surface area contributed by atoms with E-state index in [4.69, 9.17) is 5.11 Å². The molecule has 1 heteroatoms. The van der Waals surface area contributed by atoms with Crippen LogP contribution in [0, 0.1) is 0 Å². The molecule has 0 aliphatic rings. The van der Waals surface area contributed by atoms with Gasteiger partial charge < -0.3 is 5.11 Å². The largest absolute Gasteiger partial charge is 0.392 e. The van der Waals surface area contributed by atoms with Crippen LogP contribution in [0.25, 0.3) is 6.08 Å². The molecule has 1 aromatic rings. The maximum atomic E-state index is 8.54. The third-order valence-electron chi connectivity index (χ3n) is 1.80. The lowest BCUT2D eigenvalue weighted by Crippen LogP contribution is -1.79. The predicted octanol–water partition coefficient (Wildman–Crippen LogP) is 2.25. The first-order chi connectivity index (χ1) is 5.86. The van der Waals surface area contributed by atoms with E-state index in [0.717, 1.165) is 12.0 Å². The van der Waals surface area contributed by atoms with E-state index in [9.17, 15) is 0 Å². The minimum Gasteiger partial charge on any atom is -0.392 e. The van der Waals surface area contributed by atoms with Crippen molar-refractivity contribution in [2.45, 2.75) is 13.3 Å². The summed E-state index contributed by atoms with van der Waals surface area (Å²) in [5, 5.41) is 8.54. The van der Waals surface area contributed by atoms with Crippen molar-refractivity contribution in [3.63, 3.8) is 0 Å². The Labute approximate surface area is 73.4 Å². The maximum Gasteiger partial charge on any atom is 0.0615 e. The van der Waals surface area contributed by atoms with Gasteiger partial charge >= 0.3 is 0 Å². The lowest BCUT2D eigenvalue weighted by molar-refractivity contribution is 0.343. The fourth-order valence-electron chi connectivity index (χ4n) is 1.05. The van der Waals surface area contributed by atoms with E-state index >= 15 is 0 Å². The Balaban J connectivity index is 2.71. The Morgan fingerprint density at radius 1 is 1.25 bits per heavy atom. The standard InChI is InChI=1S/C11H14O/c1-2-10-5-7-11(8-6-10)4-3-9-12/h3-8,12H,2,9H2,1H3. The van der Waals surface area contributed by atoms with Gasteiger partial charge in [0.1, 0.15) is 0 Å². The molecule has 1 N–H and O–H groups in total. The SMILES string of the molecule is CCc1ccc(C=CCO)cc1. The average molecular weight is 162 g/mol. The van der Waals surface area contributed by atoms with Gasteiger partial charge in [-0.2, -0.15) is 0 Å². The van der Waals surface area contributed by atoms with Gasteiger partial charge in [-0.05, 0) is 17.5 Å². The first-order valence-corrected chi connectivity index (χ1v) is 4.23. The van der Waals surface area contributed by atoms with E-state index in [1.54, 1.807) is 6.08 Å². The van der Waals surface area contributed by atoms with E-state index in [2.05, 4.69) is 31.2 Å². The molecule has 1 aromatic carbocycles. The molecule has 0 amide bonds. The van der Waals surface area contributed by atoms with Crippen molar-refractivity contribution in [3.05, 3.63) is 41.5 Å². The number of benzene rings is 1. The molecule has 0 bridgehead atoms. The van der Waals surface area contributed by atoms with Crippen molar-refractivity contribution in [2.75, 3.05) is 6.61 Å². The minimum absolute atomic E-state index is 0.107. The lowest BCUT2D eigenvalue weighted by atomic mass is 10.1. The summed E-state index contributed by atoms with van der Waals surface area (Å²) in [6, 6.07) is 8.34. The van der Waals surface area contributed by atoms with Crippen LogP contribution >= 0.6 is 0 Å². The maximum absolute atomic E-state index is 8.54. The molecule has 0 saturated carbocycles. The second-order valence-corrected chi connectivity index (χ2v) is 2.68. The summed E-state index contributed by atoms with van der Waals surface area (Å²) in [6.07, 6.45) is 4.73. The highest BCUT2D eigenvalue weighted by atomic mass is 16.2. The Kier molecular flexibility index (Phi) is 3.55. The fourth-order valence-corrected chi connectivity index (χ4v) is 1.05. The predicted molar refractivity (Wildman–Crippen MR) is 51.9 cm³/mol. The van der Waals surface area contributed by atoms with Gasteiger partial charge in [-0.3, -0.25) is 0 Å². The number of hydrogen-bond donors (Lipinski definition) is 1. The van der Waals surface area contributed by atoms with Crippen LogP contribution in [0.4, 0.5) is 0 Å². The highest BCUT2D eigenvalue weighted by Crippen LogP contribution is 2.06. The van der Waals surface area contributed by atoms with E-state index in [0.29, 0.717) is 0 Å². The van der Waals surface area contributed by atoms with Crippen LogP contribution in [0.2, 0.25) is 0 Å². The number of rotatable bonds is 3. The van der Waals surface area contributed by atoms with Gasteiger partial charge in [-0.25, -0.2) is 0 Å². The van der Waals surface area contributed by atoms with E-state index in [1.807, 2.05) is 6.08 Å². The number of aryl methyl sites for hydroxylation is 1. The van der Waals surface area contributed by atoms with Gasteiger partial charge in [0, 0.05) is 0 Å². The molecule has 0 unspecified atom stereocenters. The summed E-state index contributed by atoms with van der Waals surface area (Å²) in [4.78, 5) is 0. The van der Waals surface area contributed by atoms with Crippen molar-refractivity contribution < 1.29 is 5.11 Å². The molecule has 0 heterocycles. The zero-order valence-corrected chi connectivity index (χ0v) is 7.33. The van der Waals surface area contributed by atoms with Gasteiger partial charge in [0.15, 0.2) is 0 Å². The zero-order valence-electron chi connectivity index (χ0n) is 7.33. The highest BCUT2D eigenvalue weighted by Gasteiger charge is 1.87. The molecule has 12 heavy (non-hydrogen) atoms. The summed E-state index contributed by atoms with van der Waals surface area (Å²) in [5.74, 6) is 0. The smallest absolute Gasteiger partial charge is 0.0615 e. The first-order valence-electron chi connectivity index (χ1n) is 4.23. The average Bonchev–Trinajstić information content (AvgIpc) is 2.15. The van der Waals surface area contributed by atoms with Crippen LogP contribution in [-0.4, -0.2) is 11.7 Å². The molecular weight excluding hydrogens is 148 g/mol. The van der Waals surface area contributed by atoms with Crippen molar-refractivity contribution >= 4 is 6.08 Å².